The van der Waals surface area contributed by atoms with Crippen LogP contribution in [0.4, 0.5) is 0 Å². The Bertz CT molecular complexity index is 1400. The van der Waals surface area contributed by atoms with Crippen LogP contribution < -0.4 is 5.32 Å². The van der Waals surface area contributed by atoms with Gasteiger partial charge >= 0.3 is 0 Å². The molecule has 10 aliphatic rings. The van der Waals surface area contributed by atoms with Crippen LogP contribution >= 0.6 is 0 Å². The van der Waals surface area contributed by atoms with E-state index in [-0.39, 0.29) is 109 Å². The summed E-state index contributed by atoms with van der Waals surface area (Å²) >= 11 is 0. The van der Waals surface area contributed by atoms with Gasteiger partial charge in [-0.15, -0.1) is 0 Å². The van der Waals surface area contributed by atoms with Crippen molar-refractivity contribution < 1.29 is 52.5 Å². The zero-order chi connectivity index (χ0) is 36.6. The van der Waals surface area contributed by atoms with Crippen LogP contribution in [0.25, 0.3) is 0 Å². The molecule has 0 aromatic heterocycles. The monoisotopic (exact) mass is 743 g/mol. The number of aliphatic hydroxyl groups excluding tert-OH is 1. The van der Waals surface area contributed by atoms with Crippen molar-refractivity contribution in [3.8, 4) is 0 Å². The number of ether oxygens (including phenoxy) is 9. The van der Waals surface area contributed by atoms with Crippen molar-refractivity contribution in [2.24, 2.45) is 11.8 Å². The summed E-state index contributed by atoms with van der Waals surface area (Å²) in [6, 6.07) is 0. The lowest BCUT2D eigenvalue weighted by Crippen LogP contribution is -2.61. The van der Waals surface area contributed by atoms with Gasteiger partial charge in [0.25, 0.3) is 0 Å². The highest BCUT2D eigenvalue weighted by Gasteiger charge is 2.68. The molecule has 1 spiro atoms. The van der Waals surface area contributed by atoms with Gasteiger partial charge < -0.3 is 53.1 Å². The highest BCUT2D eigenvalue weighted by Crippen LogP contribution is 2.54. The number of rotatable bonds is 5. The van der Waals surface area contributed by atoms with Gasteiger partial charge in [-0.1, -0.05) is 20.1 Å². The summed E-state index contributed by atoms with van der Waals surface area (Å²) in [5.74, 6) is -0.573. The summed E-state index contributed by atoms with van der Waals surface area (Å²) in [6.07, 6.45) is 5.30. The molecule has 0 radical (unpaired) electrons. The van der Waals surface area contributed by atoms with E-state index < -0.39 is 11.9 Å². The molecule has 0 amide bonds. The van der Waals surface area contributed by atoms with Crippen LogP contribution in [0.15, 0.2) is 24.3 Å². The van der Waals surface area contributed by atoms with Gasteiger partial charge in [-0.25, -0.2) is 0 Å². The lowest BCUT2D eigenvalue weighted by Gasteiger charge is -2.47. The van der Waals surface area contributed by atoms with Gasteiger partial charge in [0.05, 0.1) is 67.1 Å². The van der Waals surface area contributed by atoms with Gasteiger partial charge in [0.1, 0.15) is 36.3 Å². The maximum atomic E-state index is 14.1. The predicted octanol–water partition coefficient (Wildman–Crippen LogP) is 3.70. The quantitative estimate of drug-likeness (QED) is 0.398. The van der Waals surface area contributed by atoms with Crippen LogP contribution in [-0.2, 0) is 47.4 Å². The molecule has 0 aromatic rings. The topological polar surface area (TPSA) is 132 Å². The van der Waals surface area contributed by atoms with Crippen LogP contribution in [0, 0.1) is 11.8 Å². The number of fused-ring (bicyclic) bond motifs is 6. The van der Waals surface area contributed by atoms with Crippen molar-refractivity contribution >= 4 is 5.78 Å². The van der Waals surface area contributed by atoms with Crippen molar-refractivity contribution in [3.63, 3.8) is 0 Å². The Hall–Kier alpha value is -1.29. The zero-order valence-electron chi connectivity index (χ0n) is 31.7. The second-order valence-electron chi connectivity index (χ2n) is 17.7. The maximum Gasteiger partial charge on any atom is 0.172 e. The van der Waals surface area contributed by atoms with Crippen LogP contribution in [0.2, 0.25) is 0 Å². The number of carbonyl (C=O) groups excluding carboxylic acids is 1. The third-order valence-electron chi connectivity index (χ3n) is 14.1. The molecule has 1 unspecified atom stereocenters. The van der Waals surface area contributed by atoms with Crippen LogP contribution in [-0.4, -0.2) is 135 Å². The first-order valence-corrected chi connectivity index (χ1v) is 20.6. The van der Waals surface area contributed by atoms with Crippen molar-refractivity contribution in [1.29, 1.82) is 0 Å². The normalized spacial score (nSPS) is 51.6. The first-order chi connectivity index (χ1) is 25.6. The van der Waals surface area contributed by atoms with Crippen LogP contribution in [0.1, 0.15) is 90.4 Å². The number of carbonyl (C=O) groups is 1. The summed E-state index contributed by atoms with van der Waals surface area (Å²) in [4.78, 5) is 14.1. The number of likely N-dealkylation sites (N-methyl/N-ethyl adjacent to an activating group) is 1. The van der Waals surface area contributed by atoms with Gasteiger partial charge in [-0.3, -0.25) is 4.79 Å². The molecule has 0 saturated carbocycles. The SMILES string of the molecule is C=C1C[C@@H]2CC[C@@]34C[C@@H]5O[C@@H]6C(O[C@H]7CC[C@H](CC(=O)C[C@@H]8[C@@H](OC)[C@@H](C[C@H](O)CNC)O[C@H]8C[C@H]8O[C@@H](CC[C@@H]1O2)C[C@@H](C)C8=C)O[C@@H]7[C@@H]6O3)[C@H]5O4. The van der Waals surface area contributed by atoms with Crippen molar-refractivity contribution in [1.82, 2.24) is 5.32 Å². The fraction of sp³-hybridized carbons (Fsp3) is 0.878. The minimum absolute atomic E-state index is 0.0111. The summed E-state index contributed by atoms with van der Waals surface area (Å²) in [7, 11) is 3.50. The fourth-order valence-corrected chi connectivity index (χ4v) is 11.5. The zero-order valence-corrected chi connectivity index (χ0v) is 31.7. The Kier molecular flexibility index (Phi) is 10.5. The highest BCUT2D eigenvalue weighted by atomic mass is 16.8. The molecular weight excluding hydrogens is 682 g/mol. The molecule has 10 fully saturated rings. The number of hydrogen-bond acceptors (Lipinski definition) is 12. The van der Waals surface area contributed by atoms with Crippen LogP contribution in [0.5, 0.6) is 0 Å². The lowest BCUT2D eigenvalue weighted by molar-refractivity contribution is -0.292. The van der Waals surface area contributed by atoms with E-state index in [1.54, 1.807) is 7.11 Å². The highest BCUT2D eigenvalue weighted by molar-refractivity contribution is 5.79. The molecule has 2 N–H and O–H groups in total. The summed E-state index contributed by atoms with van der Waals surface area (Å²) in [6.45, 7) is 11.6. The van der Waals surface area contributed by atoms with E-state index in [1.807, 2.05) is 7.05 Å². The number of aliphatic hydroxyl groups is 1. The molecule has 0 aliphatic carbocycles. The second kappa shape index (κ2) is 14.9. The molecule has 10 saturated heterocycles. The fourth-order valence-electron chi connectivity index (χ4n) is 11.5. The minimum Gasteiger partial charge on any atom is -0.392 e. The third kappa shape index (κ3) is 7.04. The number of nitrogens with one attached hydrogen (secondary N) is 1. The molecular formula is C41H61NO11. The summed E-state index contributed by atoms with van der Waals surface area (Å²) < 4.78 is 60.2. The Morgan fingerprint density at radius 1 is 0.811 bits per heavy atom. The molecule has 12 bridgehead atoms. The van der Waals surface area contributed by atoms with E-state index in [0.717, 1.165) is 56.1 Å². The summed E-state index contributed by atoms with van der Waals surface area (Å²) in [5.41, 5.74) is 2.22. The summed E-state index contributed by atoms with van der Waals surface area (Å²) in [5, 5.41) is 13.8. The van der Waals surface area contributed by atoms with Crippen molar-refractivity contribution in [3.05, 3.63) is 24.3 Å². The average molecular weight is 744 g/mol. The van der Waals surface area contributed by atoms with E-state index in [1.165, 1.54) is 0 Å². The molecule has 296 valence electrons. The maximum absolute atomic E-state index is 14.1. The van der Waals surface area contributed by atoms with Gasteiger partial charge in [0.2, 0.25) is 0 Å². The molecule has 12 nitrogen and oxygen atoms in total. The molecule has 0 aromatic carbocycles. The number of hydrogen-bond donors (Lipinski definition) is 2. The van der Waals surface area contributed by atoms with E-state index in [4.69, 9.17) is 42.6 Å². The number of Topliss-reactive ketones (excluding diaryl/α,β-unsaturated/α-hetero) is 1. The molecule has 10 heterocycles. The Morgan fingerprint density at radius 3 is 2.40 bits per heavy atom. The van der Waals surface area contributed by atoms with Crippen LogP contribution in [0.3, 0.4) is 0 Å². The largest absolute Gasteiger partial charge is 0.392 e. The first kappa shape index (κ1) is 37.3. The Labute approximate surface area is 313 Å². The second-order valence-corrected chi connectivity index (χ2v) is 17.7. The van der Waals surface area contributed by atoms with Gasteiger partial charge in [-0.2, -0.15) is 0 Å². The molecule has 12 heteroatoms. The van der Waals surface area contributed by atoms with Gasteiger partial charge in [0, 0.05) is 58.1 Å². The average Bonchev–Trinajstić information content (AvgIpc) is 3.80. The molecule has 53 heavy (non-hydrogen) atoms. The molecule has 10 rings (SSSR count). The third-order valence-corrected chi connectivity index (χ3v) is 14.1. The molecule has 19 atom stereocenters. The van der Waals surface area contributed by atoms with E-state index in [9.17, 15) is 9.90 Å². The Balaban J connectivity index is 0.990. The van der Waals surface area contributed by atoms with Gasteiger partial charge in [-0.05, 0) is 69.1 Å². The van der Waals surface area contributed by atoms with E-state index in [2.05, 4.69) is 25.4 Å². The van der Waals surface area contributed by atoms with Crippen molar-refractivity contribution in [2.75, 3.05) is 20.7 Å². The van der Waals surface area contributed by atoms with Crippen molar-refractivity contribution in [2.45, 2.75) is 194 Å². The number of methoxy groups -OCH3 is 1. The standard InChI is InChI=1S/C41H61NO11/c1-20-12-25-6-8-29-21(2)13-27(46-29)10-11-41-18-34-37(52-41)38-39(51-34)40(53-41)36-30(50-38)9-7-26(48-36)14-23(43)15-28-32(17-31(47-25)22(20)3)49-33(35(28)45-5)16-24(44)19-42-4/h20,24-40,42,44H,2-3,6-19H2,1,4-5H3/t20-,24+,25+,26-,27+,28+,29+,30+,31-,32+,33-,34+,35-,36+,37+,38?,39-,40+,41+/m1/s1. The van der Waals surface area contributed by atoms with E-state index >= 15 is 0 Å². The predicted molar refractivity (Wildman–Crippen MR) is 191 cm³/mol. The Morgan fingerprint density at radius 2 is 1.57 bits per heavy atom. The minimum atomic E-state index is -0.777. The molecule has 10 aliphatic heterocycles. The van der Waals surface area contributed by atoms with Gasteiger partial charge in [0.15, 0.2) is 5.79 Å². The lowest BCUT2D eigenvalue weighted by atomic mass is 9.81. The van der Waals surface area contributed by atoms with E-state index in [0.29, 0.717) is 45.1 Å². The number of ketones is 1. The first-order valence-electron chi connectivity index (χ1n) is 20.6. The smallest absolute Gasteiger partial charge is 0.172 e.